The largest absolute Gasteiger partial charge is 0.462 e. The van der Waals surface area contributed by atoms with Gasteiger partial charge >= 0.3 is 11.9 Å². The molecular weight excluding hydrogens is 362 g/mol. The van der Waals surface area contributed by atoms with Crippen LogP contribution in [0.4, 0.5) is 0 Å². The van der Waals surface area contributed by atoms with Crippen molar-refractivity contribution in [3.63, 3.8) is 0 Å². The van der Waals surface area contributed by atoms with E-state index in [0.717, 1.165) is 5.56 Å². The van der Waals surface area contributed by atoms with E-state index in [0.29, 0.717) is 27.7 Å². The van der Waals surface area contributed by atoms with Gasteiger partial charge in [0.25, 0.3) is 5.56 Å². The molecule has 0 saturated heterocycles. The first-order valence-corrected chi connectivity index (χ1v) is 8.85. The molecule has 8 nitrogen and oxygen atoms in total. The molecule has 2 aromatic heterocycles. The normalized spacial score (nSPS) is 10.9. The topological polar surface area (TPSA) is 114 Å². The molecule has 1 aromatic carbocycles. The van der Waals surface area contributed by atoms with Gasteiger partial charge in [0.05, 0.1) is 23.1 Å². The summed E-state index contributed by atoms with van der Waals surface area (Å²) in [6.45, 7) is 6.93. The van der Waals surface area contributed by atoms with Gasteiger partial charge in [-0.15, -0.1) is 0 Å². The molecule has 0 spiro atoms. The van der Waals surface area contributed by atoms with E-state index in [1.165, 1.54) is 0 Å². The summed E-state index contributed by atoms with van der Waals surface area (Å²) in [6.07, 6.45) is 0. The standard InChI is InChI=1S/C20H21N3O5/c1-5-27-19(25)15-11(3)17(21-12(15)4)20(26)28-9-14-22-16-10(2)7-6-8-13(16)18(24)23-14/h6-8,21H,5,9H2,1-4H3,(H,22,23,24). The molecule has 0 unspecified atom stereocenters. The number of fused-ring (bicyclic) bond motifs is 1. The van der Waals surface area contributed by atoms with Crippen molar-refractivity contribution in [2.75, 3.05) is 6.61 Å². The molecule has 0 radical (unpaired) electrons. The Morgan fingerprint density at radius 3 is 2.54 bits per heavy atom. The molecule has 0 aliphatic carbocycles. The minimum absolute atomic E-state index is 0.167. The predicted octanol–water partition coefficient (Wildman–Crippen LogP) is 2.71. The van der Waals surface area contributed by atoms with Crippen molar-refractivity contribution in [2.24, 2.45) is 0 Å². The zero-order valence-electron chi connectivity index (χ0n) is 16.1. The van der Waals surface area contributed by atoms with E-state index in [-0.39, 0.29) is 30.3 Å². The smallest absolute Gasteiger partial charge is 0.355 e. The quantitative estimate of drug-likeness (QED) is 0.655. The van der Waals surface area contributed by atoms with Gasteiger partial charge < -0.3 is 19.4 Å². The molecule has 28 heavy (non-hydrogen) atoms. The Hall–Kier alpha value is -3.42. The van der Waals surface area contributed by atoms with Crippen LogP contribution in [0.25, 0.3) is 10.9 Å². The average Bonchev–Trinajstić information content (AvgIpc) is 2.95. The lowest BCUT2D eigenvalue weighted by molar-refractivity contribution is 0.0455. The van der Waals surface area contributed by atoms with Gasteiger partial charge in [-0.1, -0.05) is 12.1 Å². The second kappa shape index (κ2) is 7.67. The number of H-pyrrole nitrogens is 2. The van der Waals surface area contributed by atoms with Gasteiger partial charge in [0.2, 0.25) is 0 Å². The summed E-state index contributed by atoms with van der Waals surface area (Å²) in [7, 11) is 0. The van der Waals surface area contributed by atoms with Crippen LogP contribution in [0.15, 0.2) is 23.0 Å². The van der Waals surface area contributed by atoms with Gasteiger partial charge in [-0.2, -0.15) is 0 Å². The van der Waals surface area contributed by atoms with E-state index < -0.39 is 11.9 Å². The summed E-state index contributed by atoms with van der Waals surface area (Å²) in [6, 6.07) is 5.32. The lowest BCUT2D eigenvalue weighted by Crippen LogP contribution is -2.15. The van der Waals surface area contributed by atoms with E-state index >= 15 is 0 Å². The Morgan fingerprint density at radius 2 is 1.82 bits per heavy atom. The summed E-state index contributed by atoms with van der Waals surface area (Å²) in [5.74, 6) is -0.904. The maximum atomic E-state index is 12.5. The molecule has 0 saturated carbocycles. The fourth-order valence-electron chi connectivity index (χ4n) is 3.09. The lowest BCUT2D eigenvalue weighted by atomic mass is 10.1. The first kappa shape index (κ1) is 19.3. The molecule has 2 heterocycles. The van der Waals surface area contributed by atoms with Crippen molar-refractivity contribution in [1.29, 1.82) is 0 Å². The molecule has 0 aliphatic heterocycles. The summed E-state index contributed by atoms with van der Waals surface area (Å²) in [4.78, 5) is 46.6. The van der Waals surface area contributed by atoms with Gasteiger partial charge in [0, 0.05) is 5.69 Å². The van der Waals surface area contributed by atoms with E-state index in [1.807, 2.05) is 13.0 Å². The number of ether oxygens (including phenoxy) is 2. The zero-order chi connectivity index (χ0) is 20.4. The van der Waals surface area contributed by atoms with Crippen LogP contribution in [0.1, 0.15) is 50.4 Å². The number of aromatic nitrogens is 3. The van der Waals surface area contributed by atoms with Crippen molar-refractivity contribution in [1.82, 2.24) is 15.0 Å². The van der Waals surface area contributed by atoms with Gasteiger partial charge in [-0.05, 0) is 44.9 Å². The van der Waals surface area contributed by atoms with Gasteiger partial charge in [0.15, 0.2) is 0 Å². The number of carbonyl (C=O) groups is 2. The third-order valence-electron chi connectivity index (χ3n) is 4.45. The van der Waals surface area contributed by atoms with Crippen molar-refractivity contribution >= 4 is 22.8 Å². The number of para-hydroxylation sites is 1. The van der Waals surface area contributed by atoms with E-state index in [2.05, 4.69) is 15.0 Å². The van der Waals surface area contributed by atoms with Crippen LogP contribution in [0.5, 0.6) is 0 Å². The Morgan fingerprint density at radius 1 is 1.07 bits per heavy atom. The van der Waals surface area contributed by atoms with Gasteiger partial charge in [-0.3, -0.25) is 4.79 Å². The van der Waals surface area contributed by atoms with Crippen molar-refractivity contribution in [2.45, 2.75) is 34.3 Å². The highest BCUT2D eigenvalue weighted by molar-refractivity contribution is 5.98. The molecule has 2 N–H and O–H groups in total. The number of aromatic amines is 2. The molecule has 0 fully saturated rings. The fourth-order valence-corrected chi connectivity index (χ4v) is 3.09. The average molecular weight is 383 g/mol. The van der Waals surface area contributed by atoms with Crippen LogP contribution in [-0.2, 0) is 16.1 Å². The van der Waals surface area contributed by atoms with Gasteiger partial charge in [0.1, 0.15) is 18.1 Å². The first-order valence-electron chi connectivity index (χ1n) is 8.85. The zero-order valence-corrected chi connectivity index (χ0v) is 16.1. The molecule has 3 aromatic rings. The minimum atomic E-state index is -0.649. The number of nitrogens with one attached hydrogen (secondary N) is 2. The van der Waals surface area contributed by atoms with Crippen molar-refractivity contribution in [3.8, 4) is 0 Å². The maximum Gasteiger partial charge on any atom is 0.355 e. The van der Waals surface area contributed by atoms with E-state index in [9.17, 15) is 14.4 Å². The summed E-state index contributed by atoms with van der Waals surface area (Å²) >= 11 is 0. The van der Waals surface area contributed by atoms with Crippen LogP contribution in [0.2, 0.25) is 0 Å². The Kier molecular flexibility index (Phi) is 5.30. The molecule has 146 valence electrons. The monoisotopic (exact) mass is 383 g/mol. The minimum Gasteiger partial charge on any atom is -0.462 e. The number of aryl methyl sites for hydroxylation is 2. The number of hydrogen-bond donors (Lipinski definition) is 2. The highest BCUT2D eigenvalue weighted by Crippen LogP contribution is 2.20. The number of rotatable bonds is 5. The third-order valence-corrected chi connectivity index (χ3v) is 4.45. The summed E-state index contributed by atoms with van der Waals surface area (Å²) in [5, 5.41) is 0.477. The number of esters is 2. The van der Waals surface area contributed by atoms with Crippen molar-refractivity contribution in [3.05, 3.63) is 62.5 Å². The molecule has 0 aliphatic rings. The number of hydrogen-bond acceptors (Lipinski definition) is 6. The Balaban J connectivity index is 1.83. The highest BCUT2D eigenvalue weighted by atomic mass is 16.5. The highest BCUT2D eigenvalue weighted by Gasteiger charge is 2.24. The Labute approximate surface area is 160 Å². The second-order valence-corrected chi connectivity index (χ2v) is 6.41. The lowest BCUT2D eigenvalue weighted by Gasteiger charge is -2.07. The fraction of sp³-hybridized carbons (Fsp3) is 0.300. The predicted molar refractivity (Wildman–Crippen MR) is 102 cm³/mol. The molecule has 0 atom stereocenters. The molecule has 0 amide bonds. The van der Waals surface area contributed by atoms with Gasteiger partial charge in [-0.25, -0.2) is 14.6 Å². The summed E-state index contributed by atoms with van der Waals surface area (Å²) in [5.41, 5.74) is 2.59. The molecule has 0 bridgehead atoms. The van der Waals surface area contributed by atoms with Crippen molar-refractivity contribution < 1.29 is 19.1 Å². The second-order valence-electron chi connectivity index (χ2n) is 6.41. The molecule has 8 heteroatoms. The molecule has 3 rings (SSSR count). The van der Waals surface area contributed by atoms with Crippen LogP contribution in [0.3, 0.4) is 0 Å². The molecular formula is C20H21N3O5. The SMILES string of the molecule is CCOC(=O)c1c(C)[nH]c(C(=O)OCc2nc3c(C)cccc3c(=O)[nH]2)c1C. The number of carbonyl (C=O) groups excluding carboxylic acids is 2. The van der Waals surface area contributed by atoms with E-state index in [4.69, 9.17) is 9.47 Å². The van der Waals surface area contributed by atoms with Crippen LogP contribution >= 0.6 is 0 Å². The Bertz CT molecular complexity index is 1130. The summed E-state index contributed by atoms with van der Waals surface area (Å²) < 4.78 is 10.3. The number of benzene rings is 1. The third kappa shape index (κ3) is 3.53. The maximum absolute atomic E-state index is 12.5. The number of nitrogens with zero attached hydrogens (tertiary/aromatic N) is 1. The van der Waals surface area contributed by atoms with E-state index in [1.54, 1.807) is 32.9 Å². The van der Waals surface area contributed by atoms with Crippen LogP contribution in [-0.4, -0.2) is 33.5 Å². The van der Waals surface area contributed by atoms with Crippen LogP contribution in [0, 0.1) is 20.8 Å². The first-order chi connectivity index (χ1) is 13.3. The van der Waals surface area contributed by atoms with Crippen LogP contribution < -0.4 is 5.56 Å².